The van der Waals surface area contributed by atoms with Crippen LogP contribution in [-0.2, 0) is 9.59 Å². The lowest BCUT2D eigenvalue weighted by Gasteiger charge is -2.31. The fourth-order valence-corrected chi connectivity index (χ4v) is 2.03. The van der Waals surface area contributed by atoms with Crippen molar-refractivity contribution < 1.29 is 19.4 Å². The molecule has 1 aromatic rings. The van der Waals surface area contributed by atoms with Crippen LogP contribution < -0.4 is 4.74 Å². The Bertz CT molecular complexity index is 499. The van der Waals surface area contributed by atoms with Gasteiger partial charge in [0.25, 0.3) is 5.91 Å². The van der Waals surface area contributed by atoms with Crippen molar-refractivity contribution in [1.82, 2.24) is 4.90 Å². The van der Waals surface area contributed by atoms with Crippen LogP contribution in [0, 0.1) is 0 Å². The molecule has 116 valence electrons. The summed E-state index contributed by atoms with van der Waals surface area (Å²) in [6.45, 7) is 5.16. The minimum absolute atomic E-state index is 0.333. The number of amides is 1. The SMILES string of the molecule is CCCN(CC(=O)O)C(=O)C(C)(C)Oc1ccc(Cl)cc1. The number of ether oxygens (including phenoxy) is 1. The van der Waals surface area contributed by atoms with E-state index in [-0.39, 0.29) is 12.5 Å². The van der Waals surface area contributed by atoms with Gasteiger partial charge < -0.3 is 14.7 Å². The van der Waals surface area contributed by atoms with Gasteiger partial charge in [-0.2, -0.15) is 0 Å². The minimum Gasteiger partial charge on any atom is -0.480 e. The molecule has 0 saturated heterocycles. The van der Waals surface area contributed by atoms with E-state index in [1.54, 1.807) is 38.1 Å². The highest BCUT2D eigenvalue weighted by Gasteiger charge is 2.34. The highest BCUT2D eigenvalue weighted by molar-refractivity contribution is 6.30. The molecule has 0 unspecified atom stereocenters. The minimum atomic E-state index is -1.15. The second-order valence-corrected chi connectivity index (χ2v) is 5.62. The van der Waals surface area contributed by atoms with E-state index in [0.29, 0.717) is 23.7 Å². The first-order chi connectivity index (χ1) is 9.76. The highest BCUT2D eigenvalue weighted by atomic mass is 35.5. The molecule has 0 aliphatic rings. The first kappa shape index (κ1) is 17.3. The first-order valence-electron chi connectivity index (χ1n) is 6.72. The number of benzene rings is 1. The Kier molecular flexibility index (Phi) is 6.03. The normalized spacial score (nSPS) is 11.0. The van der Waals surface area contributed by atoms with Crippen LogP contribution >= 0.6 is 11.6 Å². The fraction of sp³-hybridized carbons (Fsp3) is 0.467. The second kappa shape index (κ2) is 7.31. The number of carboxylic acid groups (broad SMARTS) is 1. The van der Waals surface area contributed by atoms with Crippen LogP contribution in [0.5, 0.6) is 5.75 Å². The van der Waals surface area contributed by atoms with E-state index in [1.165, 1.54) is 4.90 Å². The number of nitrogens with zero attached hydrogens (tertiary/aromatic N) is 1. The van der Waals surface area contributed by atoms with Gasteiger partial charge >= 0.3 is 5.97 Å². The lowest BCUT2D eigenvalue weighted by Crippen LogP contribution is -2.50. The van der Waals surface area contributed by atoms with Gasteiger partial charge in [-0.1, -0.05) is 18.5 Å². The summed E-state index contributed by atoms with van der Waals surface area (Å²) in [5.41, 5.74) is -1.15. The molecule has 0 saturated carbocycles. The third-order valence-corrected chi connectivity index (χ3v) is 3.06. The van der Waals surface area contributed by atoms with Gasteiger partial charge in [0.15, 0.2) is 5.60 Å². The third-order valence-electron chi connectivity index (χ3n) is 2.81. The van der Waals surface area contributed by atoms with Crippen molar-refractivity contribution in [3.8, 4) is 5.75 Å². The second-order valence-electron chi connectivity index (χ2n) is 5.19. The molecule has 0 heterocycles. The van der Waals surface area contributed by atoms with Crippen molar-refractivity contribution in [2.45, 2.75) is 32.8 Å². The van der Waals surface area contributed by atoms with Gasteiger partial charge in [-0.15, -0.1) is 0 Å². The molecular formula is C15H20ClNO4. The molecule has 0 atom stereocenters. The zero-order chi connectivity index (χ0) is 16.0. The number of halogens is 1. The van der Waals surface area contributed by atoms with Crippen LogP contribution in [-0.4, -0.2) is 40.6 Å². The smallest absolute Gasteiger partial charge is 0.323 e. The van der Waals surface area contributed by atoms with E-state index in [0.717, 1.165) is 0 Å². The van der Waals surface area contributed by atoms with Crippen molar-refractivity contribution in [2.75, 3.05) is 13.1 Å². The molecule has 0 fully saturated rings. The maximum absolute atomic E-state index is 12.5. The maximum Gasteiger partial charge on any atom is 0.323 e. The van der Waals surface area contributed by atoms with E-state index in [4.69, 9.17) is 21.4 Å². The van der Waals surface area contributed by atoms with Gasteiger partial charge in [-0.3, -0.25) is 9.59 Å². The molecule has 0 spiro atoms. The van der Waals surface area contributed by atoms with E-state index in [9.17, 15) is 9.59 Å². The molecule has 1 amide bonds. The highest BCUT2D eigenvalue weighted by Crippen LogP contribution is 2.22. The average molecular weight is 314 g/mol. The van der Waals surface area contributed by atoms with Crippen LogP contribution in [0.1, 0.15) is 27.2 Å². The molecule has 1 aromatic carbocycles. The van der Waals surface area contributed by atoms with E-state index >= 15 is 0 Å². The summed E-state index contributed by atoms with van der Waals surface area (Å²) in [7, 11) is 0. The van der Waals surface area contributed by atoms with E-state index in [1.807, 2.05) is 6.92 Å². The molecule has 0 aliphatic heterocycles. The predicted molar refractivity (Wildman–Crippen MR) is 80.7 cm³/mol. The molecule has 0 aliphatic carbocycles. The molecule has 0 bridgehead atoms. The summed E-state index contributed by atoms with van der Waals surface area (Å²) in [5.74, 6) is -0.898. The van der Waals surface area contributed by atoms with Gasteiger partial charge in [0.2, 0.25) is 0 Å². The Balaban J connectivity index is 2.84. The number of carbonyl (C=O) groups excluding carboxylic acids is 1. The number of carbonyl (C=O) groups is 2. The third kappa shape index (κ3) is 5.27. The number of aliphatic carboxylic acids is 1. The molecule has 21 heavy (non-hydrogen) atoms. The molecule has 1 rings (SSSR count). The van der Waals surface area contributed by atoms with Crippen molar-refractivity contribution in [1.29, 1.82) is 0 Å². The van der Waals surface area contributed by atoms with E-state index in [2.05, 4.69) is 0 Å². The largest absolute Gasteiger partial charge is 0.480 e. The van der Waals surface area contributed by atoms with Crippen molar-refractivity contribution >= 4 is 23.5 Å². The number of hydrogen-bond acceptors (Lipinski definition) is 3. The van der Waals surface area contributed by atoms with Crippen LogP contribution in [0.2, 0.25) is 5.02 Å². The lowest BCUT2D eigenvalue weighted by molar-refractivity contribution is -0.152. The standard InChI is InChI=1S/C15H20ClNO4/c1-4-9-17(10-13(18)19)14(20)15(2,3)21-12-7-5-11(16)6-8-12/h5-8H,4,9-10H2,1-3H3,(H,18,19). The Morgan fingerprint density at radius 3 is 2.33 bits per heavy atom. The van der Waals surface area contributed by atoms with Gasteiger partial charge in [0.05, 0.1) is 0 Å². The van der Waals surface area contributed by atoms with Crippen molar-refractivity contribution in [3.05, 3.63) is 29.3 Å². The summed E-state index contributed by atoms with van der Waals surface area (Å²) in [6.07, 6.45) is 0.677. The molecular weight excluding hydrogens is 294 g/mol. The molecule has 1 N–H and O–H groups in total. The summed E-state index contributed by atoms with van der Waals surface area (Å²) >= 11 is 5.80. The summed E-state index contributed by atoms with van der Waals surface area (Å²) in [4.78, 5) is 24.6. The monoisotopic (exact) mass is 313 g/mol. The average Bonchev–Trinajstić information content (AvgIpc) is 2.39. The maximum atomic E-state index is 12.5. The Labute approximate surface area is 129 Å². The van der Waals surface area contributed by atoms with Crippen molar-refractivity contribution in [2.24, 2.45) is 0 Å². The molecule has 0 aromatic heterocycles. The van der Waals surface area contributed by atoms with Gasteiger partial charge in [0.1, 0.15) is 12.3 Å². The number of carboxylic acids is 1. The Hall–Kier alpha value is -1.75. The van der Waals surface area contributed by atoms with Gasteiger partial charge in [0, 0.05) is 11.6 Å². The topological polar surface area (TPSA) is 66.8 Å². The zero-order valence-corrected chi connectivity index (χ0v) is 13.2. The summed E-state index contributed by atoms with van der Waals surface area (Å²) in [6, 6.07) is 6.66. The Morgan fingerprint density at radius 2 is 1.86 bits per heavy atom. The van der Waals surface area contributed by atoms with Gasteiger partial charge in [-0.25, -0.2) is 0 Å². The van der Waals surface area contributed by atoms with Crippen LogP contribution in [0.25, 0.3) is 0 Å². The van der Waals surface area contributed by atoms with Gasteiger partial charge in [-0.05, 0) is 44.5 Å². The lowest BCUT2D eigenvalue weighted by atomic mass is 10.1. The number of rotatable bonds is 7. The number of hydrogen-bond donors (Lipinski definition) is 1. The first-order valence-corrected chi connectivity index (χ1v) is 7.10. The van der Waals surface area contributed by atoms with Crippen LogP contribution in [0.3, 0.4) is 0 Å². The van der Waals surface area contributed by atoms with E-state index < -0.39 is 11.6 Å². The predicted octanol–water partition coefficient (Wildman–Crippen LogP) is 2.82. The molecule has 6 heteroatoms. The van der Waals surface area contributed by atoms with Crippen LogP contribution in [0.15, 0.2) is 24.3 Å². The zero-order valence-electron chi connectivity index (χ0n) is 12.4. The molecule has 5 nitrogen and oxygen atoms in total. The quantitative estimate of drug-likeness (QED) is 0.840. The molecule has 0 radical (unpaired) electrons. The summed E-state index contributed by atoms with van der Waals surface area (Å²) in [5, 5.41) is 9.47. The summed E-state index contributed by atoms with van der Waals surface area (Å²) < 4.78 is 5.68. The van der Waals surface area contributed by atoms with Crippen LogP contribution in [0.4, 0.5) is 0 Å². The fourth-order valence-electron chi connectivity index (χ4n) is 1.91. The van der Waals surface area contributed by atoms with Crippen molar-refractivity contribution in [3.63, 3.8) is 0 Å². The Morgan fingerprint density at radius 1 is 1.29 bits per heavy atom.